The normalized spacial score (nSPS) is 9.50. The first-order valence-corrected chi connectivity index (χ1v) is 4.58. The molecule has 1 rings (SSSR count). The Bertz CT molecular complexity index is 411. The van der Waals surface area contributed by atoms with Crippen molar-refractivity contribution in [3.8, 4) is 0 Å². The van der Waals surface area contributed by atoms with Gasteiger partial charge in [-0.1, -0.05) is 0 Å². The summed E-state index contributed by atoms with van der Waals surface area (Å²) in [5.41, 5.74) is 6.54. The van der Waals surface area contributed by atoms with Crippen molar-refractivity contribution >= 4 is 21.8 Å². The monoisotopic (exact) mass is 217 g/mol. The maximum Gasteiger partial charge on any atom is 0.385 e. The molecule has 3 N–H and O–H groups in total. The quantitative estimate of drug-likeness (QED) is 0.285. The van der Waals surface area contributed by atoms with E-state index in [0.29, 0.717) is 11.4 Å². The standard InChI is InChI=1S/C6H6N3.H2O4S/c7-5-1-3-6(9-8)4-2-5;1-5(2,3)4/h1-4H,7H2;(H2,1,2,3,4)/q+1;/p-1. The van der Waals surface area contributed by atoms with E-state index in [1.165, 1.54) is 0 Å². The van der Waals surface area contributed by atoms with E-state index in [1.54, 1.807) is 24.3 Å². The summed E-state index contributed by atoms with van der Waals surface area (Å²) < 4.78 is 32.8. The van der Waals surface area contributed by atoms with Gasteiger partial charge in [0, 0.05) is 17.8 Å². The van der Waals surface area contributed by atoms with Crippen molar-refractivity contribution in [3.63, 3.8) is 0 Å². The average molecular weight is 217 g/mol. The van der Waals surface area contributed by atoms with Crippen molar-refractivity contribution in [2.75, 3.05) is 5.73 Å². The molecule has 0 bridgehead atoms. The fraction of sp³-hybridized carbons (Fsp3) is 0. The molecule has 0 aliphatic heterocycles. The minimum absolute atomic E-state index is 0.518. The second-order valence-corrected chi connectivity index (χ2v) is 2.97. The third-order valence-corrected chi connectivity index (χ3v) is 1.01. The van der Waals surface area contributed by atoms with Gasteiger partial charge in [-0.15, -0.1) is 0 Å². The lowest BCUT2D eigenvalue weighted by molar-refractivity contribution is 0.366. The van der Waals surface area contributed by atoms with Crippen molar-refractivity contribution in [1.82, 2.24) is 0 Å². The first kappa shape index (κ1) is 12.3. The molecule has 0 fully saturated rings. The molecule has 0 heterocycles. The van der Waals surface area contributed by atoms with Gasteiger partial charge in [0.25, 0.3) is 0 Å². The Hall–Kier alpha value is -1.69. The van der Waals surface area contributed by atoms with Crippen molar-refractivity contribution in [2.24, 2.45) is 0 Å². The van der Waals surface area contributed by atoms with E-state index in [9.17, 15) is 0 Å². The van der Waals surface area contributed by atoms with Crippen LogP contribution in [-0.2, 0) is 10.4 Å². The van der Waals surface area contributed by atoms with Gasteiger partial charge in [0.05, 0.1) is 0 Å². The molecule has 8 heteroatoms. The van der Waals surface area contributed by atoms with Gasteiger partial charge < -0.3 is 10.3 Å². The van der Waals surface area contributed by atoms with Crippen LogP contribution >= 0.6 is 0 Å². The average Bonchev–Trinajstić information content (AvgIpc) is 2.03. The molecule has 14 heavy (non-hydrogen) atoms. The molecule has 0 amide bonds. The smallest absolute Gasteiger partial charge is 0.385 e. The molecule has 0 aliphatic rings. The lowest BCUT2D eigenvalue weighted by Crippen LogP contribution is -1.90. The van der Waals surface area contributed by atoms with Crippen LogP contribution in [0.15, 0.2) is 24.3 Å². The minimum Gasteiger partial charge on any atom is -0.726 e. The first-order valence-electron chi connectivity index (χ1n) is 3.22. The summed E-state index contributed by atoms with van der Waals surface area (Å²) in [6, 6.07) is 6.62. The summed E-state index contributed by atoms with van der Waals surface area (Å²) >= 11 is 0. The summed E-state index contributed by atoms with van der Waals surface area (Å²) in [4.78, 5) is 2.96. The Morgan fingerprint density at radius 3 is 2.00 bits per heavy atom. The zero-order valence-corrected chi connectivity index (χ0v) is 7.68. The van der Waals surface area contributed by atoms with Crippen LogP contribution in [0.5, 0.6) is 0 Å². The Labute approximate surface area is 80.4 Å². The van der Waals surface area contributed by atoms with Gasteiger partial charge in [0.2, 0.25) is 15.8 Å². The van der Waals surface area contributed by atoms with Crippen molar-refractivity contribution < 1.29 is 17.5 Å². The van der Waals surface area contributed by atoms with Crippen LogP contribution in [0.25, 0.3) is 4.98 Å². The SMILES string of the molecule is N#[N+]c1ccc(N)cc1.O=S(=O)([O-])O. The van der Waals surface area contributed by atoms with Gasteiger partial charge in [0.1, 0.15) is 0 Å². The molecule has 7 nitrogen and oxygen atoms in total. The number of nitrogen functional groups attached to an aromatic ring is 1. The van der Waals surface area contributed by atoms with Gasteiger partial charge >= 0.3 is 5.69 Å². The van der Waals surface area contributed by atoms with E-state index in [-0.39, 0.29) is 0 Å². The number of hydrogen-bond acceptors (Lipinski definition) is 5. The molecule has 0 unspecified atom stereocenters. The highest BCUT2D eigenvalue weighted by Crippen LogP contribution is 2.12. The summed E-state index contributed by atoms with van der Waals surface area (Å²) in [6.07, 6.45) is 0. The van der Waals surface area contributed by atoms with Crippen LogP contribution in [-0.4, -0.2) is 17.5 Å². The molecule has 0 aromatic heterocycles. The molecule has 0 aliphatic carbocycles. The summed E-state index contributed by atoms with van der Waals surface area (Å²) in [5.74, 6) is 0. The molecule has 76 valence electrons. The van der Waals surface area contributed by atoms with Crippen molar-refractivity contribution in [1.29, 1.82) is 5.39 Å². The highest BCUT2D eigenvalue weighted by Gasteiger charge is 1.99. The Balaban J connectivity index is 0.000000292. The van der Waals surface area contributed by atoms with E-state index < -0.39 is 10.4 Å². The maximum atomic E-state index is 8.63. The van der Waals surface area contributed by atoms with Gasteiger partial charge in [-0.05, 0) is 12.1 Å². The Morgan fingerprint density at radius 1 is 1.36 bits per heavy atom. The van der Waals surface area contributed by atoms with Crippen LogP contribution in [0.3, 0.4) is 0 Å². The molecular formula is C6H7N3O4S. The fourth-order valence-corrected chi connectivity index (χ4v) is 0.541. The zero-order chi connectivity index (χ0) is 11.2. The second kappa shape index (κ2) is 5.13. The van der Waals surface area contributed by atoms with Gasteiger partial charge in [0.15, 0.2) is 4.98 Å². The molecule has 0 radical (unpaired) electrons. The Morgan fingerprint density at radius 2 is 1.71 bits per heavy atom. The summed E-state index contributed by atoms with van der Waals surface area (Å²) in [7, 11) is -4.92. The number of rotatable bonds is 0. The first-order chi connectivity index (χ1) is 6.33. The number of benzene rings is 1. The lowest BCUT2D eigenvalue weighted by Gasteiger charge is -1.88. The van der Waals surface area contributed by atoms with Crippen LogP contribution in [0, 0.1) is 5.39 Å². The van der Waals surface area contributed by atoms with E-state index >= 15 is 0 Å². The highest BCUT2D eigenvalue weighted by molar-refractivity contribution is 7.79. The van der Waals surface area contributed by atoms with Crippen LogP contribution in [0.4, 0.5) is 11.4 Å². The summed E-state index contributed by atoms with van der Waals surface area (Å²) in [6.45, 7) is 0. The minimum atomic E-state index is -4.92. The highest BCUT2D eigenvalue weighted by atomic mass is 32.3. The van der Waals surface area contributed by atoms with E-state index in [2.05, 4.69) is 4.98 Å². The third kappa shape index (κ3) is 8.41. The predicted octanol–water partition coefficient (Wildman–Crippen LogP) is 0.758. The number of hydrogen-bond donors (Lipinski definition) is 2. The van der Waals surface area contributed by atoms with Gasteiger partial charge in [-0.2, -0.15) is 0 Å². The van der Waals surface area contributed by atoms with E-state index in [0.717, 1.165) is 0 Å². The topological polar surface area (TPSA) is 132 Å². The zero-order valence-electron chi connectivity index (χ0n) is 6.86. The number of nitrogens with zero attached hydrogens (tertiary/aromatic N) is 2. The van der Waals surface area contributed by atoms with Crippen LogP contribution in [0.2, 0.25) is 0 Å². The number of nitrogens with two attached hydrogens (primary N) is 1. The lowest BCUT2D eigenvalue weighted by atomic mass is 10.3. The van der Waals surface area contributed by atoms with Crippen molar-refractivity contribution in [2.45, 2.75) is 0 Å². The van der Waals surface area contributed by atoms with Gasteiger partial charge in [-0.3, -0.25) is 4.55 Å². The van der Waals surface area contributed by atoms with E-state index in [4.69, 9.17) is 28.6 Å². The maximum absolute atomic E-state index is 8.63. The second-order valence-electron chi connectivity index (χ2n) is 2.12. The third-order valence-electron chi connectivity index (χ3n) is 1.01. The van der Waals surface area contributed by atoms with Crippen molar-refractivity contribution in [3.05, 3.63) is 29.2 Å². The number of diazo groups is 1. The predicted molar refractivity (Wildman–Crippen MR) is 47.9 cm³/mol. The number of anilines is 1. The summed E-state index contributed by atoms with van der Waals surface area (Å²) in [5, 5.41) is 8.21. The van der Waals surface area contributed by atoms with Crippen LogP contribution in [0.1, 0.15) is 0 Å². The fourth-order valence-electron chi connectivity index (χ4n) is 0.541. The van der Waals surface area contributed by atoms with E-state index in [1.807, 2.05) is 0 Å². The molecule has 1 aromatic rings. The molecule has 0 saturated heterocycles. The Kier molecular flexibility index (Phi) is 4.51. The van der Waals surface area contributed by atoms with Crippen LogP contribution < -0.4 is 5.73 Å². The molecular weight excluding hydrogens is 210 g/mol. The molecule has 0 spiro atoms. The largest absolute Gasteiger partial charge is 0.726 e. The molecule has 0 atom stereocenters. The van der Waals surface area contributed by atoms with Gasteiger partial charge in [-0.25, -0.2) is 8.42 Å². The molecule has 1 aromatic carbocycles. The molecule has 0 saturated carbocycles.